The molecule has 0 saturated carbocycles. The molecule has 1 atom stereocenters. The van der Waals surface area contributed by atoms with Gasteiger partial charge >= 0.3 is 0 Å². The highest BCUT2D eigenvalue weighted by Gasteiger charge is 2.17. The van der Waals surface area contributed by atoms with Crippen LogP contribution in [0.4, 0.5) is 0 Å². The molecule has 1 amide bonds. The van der Waals surface area contributed by atoms with Crippen molar-refractivity contribution in [1.82, 2.24) is 10.2 Å². The number of amides is 1. The SMILES string of the molecule is CC(CNC(=O)c1ccc(C#N)cc1)N1CCCCC1. The first-order valence-electron chi connectivity index (χ1n) is 7.23. The molecule has 0 radical (unpaired) electrons. The Morgan fingerprint density at radius 1 is 1.30 bits per heavy atom. The van der Waals surface area contributed by atoms with Gasteiger partial charge in [0.1, 0.15) is 0 Å². The van der Waals surface area contributed by atoms with Crippen LogP contribution in [-0.4, -0.2) is 36.5 Å². The normalized spacial score (nSPS) is 17.2. The molecule has 1 N–H and O–H groups in total. The van der Waals surface area contributed by atoms with Crippen LogP contribution in [0.2, 0.25) is 0 Å². The van der Waals surface area contributed by atoms with Crippen molar-refractivity contribution in [2.45, 2.75) is 32.2 Å². The molecular weight excluding hydrogens is 250 g/mol. The number of hydrogen-bond acceptors (Lipinski definition) is 3. The Kier molecular flexibility index (Phi) is 5.14. The fraction of sp³-hybridized carbons (Fsp3) is 0.500. The molecule has 20 heavy (non-hydrogen) atoms. The van der Waals surface area contributed by atoms with Gasteiger partial charge in [0.25, 0.3) is 5.91 Å². The van der Waals surface area contributed by atoms with Crippen LogP contribution in [0.5, 0.6) is 0 Å². The number of carbonyl (C=O) groups excluding carboxylic acids is 1. The van der Waals surface area contributed by atoms with E-state index in [1.165, 1.54) is 19.3 Å². The van der Waals surface area contributed by atoms with E-state index >= 15 is 0 Å². The fourth-order valence-corrected chi connectivity index (χ4v) is 2.53. The second-order valence-electron chi connectivity index (χ2n) is 5.34. The van der Waals surface area contributed by atoms with Crippen LogP contribution in [0, 0.1) is 11.3 Å². The first-order valence-corrected chi connectivity index (χ1v) is 7.23. The van der Waals surface area contributed by atoms with Crippen molar-refractivity contribution in [2.75, 3.05) is 19.6 Å². The van der Waals surface area contributed by atoms with Crippen molar-refractivity contribution in [1.29, 1.82) is 5.26 Å². The molecular formula is C16H21N3O. The molecule has 0 bridgehead atoms. The van der Waals surface area contributed by atoms with Gasteiger partial charge in [0.2, 0.25) is 0 Å². The summed E-state index contributed by atoms with van der Waals surface area (Å²) in [6.07, 6.45) is 3.84. The molecule has 0 aliphatic carbocycles. The molecule has 4 heteroatoms. The molecule has 0 spiro atoms. The van der Waals surface area contributed by atoms with Crippen molar-refractivity contribution in [2.24, 2.45) is 0 Å². The molecule has 1 saturated heterocycles. The molecule has 1 aromatic carbocycles. The Hall–Kier alpha value is -1.86. The zero-order valence-corrected chi connectivity index (χ0v) is 11.9. The van der Waals surface area contributed by atoms with Crippen LogP contribution >= 0.6 is 0 Å². The predicted octanol–water partition coefficient (Wildman–Crippen LogP) is 2.16. The summed E-state index contributed by atoms with van der Waals surface area (Å²) in [6.45, 7) is 5.09. The molecule has 1 aliphatic rings. The van der Waals surface area contributed by atoms with E-state index in [0.29, 0.717) is 23.7 Å². The van der Waals surface area contributed by atoms with Crippen molar-refractivity contribution < 1.29 is 4.79 Å². The summed E-state index contributed by atoms with van der Waals surface area (Å²) in [5.41, 5.74) is 1.18. The van der Waals surface area contributed by atoms with Gasteiger partial charge in [0, 0.05) is 18.2 Å². The van der Waals surface area contributed by atoms with E-state index in [0.717, 1.165) is 13.1 Å². The van der Waals surface area contributed by atoms with Gasteiger partial charge in [-0.05, 0) is 57.1 Å². The number of likely N-dealkylation sites (tertiary alicyclic amines) is 1. The van der Waals surface area contributed by atoms with E-state index in [1.54, 1.807) is 24.3 Å². The summed E-state index contributed by atoms with van der Waals surface area (Å²) < 4.78 is 0. The molecule has 1 unspecified atom stereocenters. The number of nitrogens with one attached hydrogen (secondary N) is 1. The summed E-state index contributed by atoms with van der Waals surface area (Å²) in [4.78, 5) is 14.5. The second kappa shape index (κ2) is 7.06. The highest BCUT2D eigenvalue weighted by atomic mass is 16.1. The zero-order chi connectivity index (χ0) is 14.4. The van der Waals surface area contributed by atoms with Crippen LogP contribution in [0.1, 0.15) is 42.1 Å². The highest BCUT2D eigenvalue weighted by Crippen LogP contribution is 2.11. The Labute approximate surface area is 120 Å². The van der Waals surface area contributed by atoms with Crippen LogP contribution < -0.4 is 5.32 Å². The topological polar surface area (TPSA) is 56.1 Å². The average molecular weight is 271 g/mol. The van der Waals surface area contributed by atoms with Gasteiger partial charge in [0.05, 0.1) is 11.6 Å². The van der Waals surface area contributed by atoms with Crippen molar-refractivity contribution >= 4 is 5.91 Å². The van der Waals surface area contributed by atoms with E-state index in [1.807, 2.05) is 6.07 Å². The highest BCUT2D eigenvalue weighted by molar-refractivity contribution is 5.94. The fourth-order valence-electron chi connectivity index (χ4n) is 2.53. The van der Waals surface area contributed by atoms with Crippen LogP contribution in [-0.2, 0) is 0 Å². The maximum atomic E-state index is 12.0. The van der Waals surface area contributed by atoms with E-state index in [4.69, 9.17) is 5.26 Å². The minimum absolute atomic E-state index is 0.0710. The summed E-state index contributed by atoms with van der Waals surface area (Å²) in [5.74, 6) is -0.0710. The van der Waals surface area contributed by atoms with Crippen LogP contribution in [0.15, 0.2) is 24.3 Å². The zero-order valence-electron chi connectivity index (χ0n) is 11.9. The molecule has 1 aromatic rings. The maximum Gasteiger partial charge on any atom is 0.251 e. The maximum absolute atomic E-state index is 12.0. The van der Waals surface area contributed by atoms with E-state index in [9.17, 15) is 4.79 Å². The molecule has 106 valence electrons. The van der Waals surface area contributed by atoms with Gasteiger partial charge in [-0.1, -0.05) is 6.42 Å². The van der Waals surface area contributed by atoms with Gasteiger partial charge in [0.15, 0.2) is 0 Å². The second-order valence-corrected chi connectivity index (χ2v) is 5.34. The number of nitriles is 1. The molecule has 4 nitrogen and oxygen atoms in total. The van der Waals surface area contributed by atoms with Crippen LogP contribution in [0.3, 0.4) is 0 Å². The van der Waals surface area contributed by atoms with Crippen molar-refractivity contribution in [3.63, 3.8) is 0 Å². The summed E-state index contributed by atoms with van der Waals surface area (Å²) in [6, 6.07) is 9.15. The standard InChI is InChI=1S/C16H21N3O/c1-13(19-9-3-2-4-10-19)12-18-16(20)15-7-5-14(11-17)6-8-15/h5-8,13H,2-4,9-10,12H2,1H3,(H,18,20). The number of nitrogens with zero attached hydrogens (tertiary/aromatic N) is 2. The Morgan fingerprint density at radius 3 is 2.55 bits per heavy atom. The summed E-state index contributed by atoms with van der Waals surface area (Å²) in [5, 5.41) is 11.7. The summed E-state index contributed by atoms with van der Waals surface area (Å²) >= 11 is 0. The van der Waals surface area contributed by atoms with Gasteiger partial charge in [-0.25, -0.2) is 0 Å². The smallest absolute Gasteiger partial charge is 0.251 e. The third kappa shape index (κ3) is 3.82. The number of piperidine rings is 1. The van der Waals surface area contributed by atoms with Gasteiger partial charge in [-0.15, -0.1) is 0 Å². The molecule has 1 fully saturated rings. The van der Waals surface area contributed by atoms with E-state index in [2.05, 4.69) is 17.1 Å². The average Bonchev–Trinajstić information content (AvgIpc) is 2.53. The molecule has 1 aliphatic heterocycles. The lowest BCUT2D eigenvalue weighted by Gasteiger charge is -2.32. The Bertz CT molecular complexity index is 483. The molecule has 0 aromatic heterocycles. The summed E-state index contributed by atoms with van der Waals surface area (Å²) in [7, 11) is 0. The lowest BCUT2D eigenvalue weighted by molar-refractivity contribution is 0.0930. The van der Waals surface area contributed by atoms with Gasteiger partial charge in [-0.2, -0.15) is 5.26 Å². The first kappa shape index (κ1) is 14.5. The minimum Gasteiger partial charge on any atom is -0.350 e. The number of carbonyl (C=O) groups is 1. The molecule has 1 heterocycles. The Morgan fingerprint density at radius 2 is 1.95 bits per heavy atom. The lowest BCUT2D eigenvalue weighted by atomic mass is 10.1. The number of benzene rings is 1. The predicted molar refractivity (Wildman–Crippen MR) is 78.4 cm³/mol. The number of hydrogen-bond donors (Lipinski definition) is 1. The monoisotopic (exact) mass is 271 g/mol. The van der Waals surface area contributed by atoms with E-state index < -0.39 is 0 Å². The third-order valence-electron chi connectivity index (χ3n) is 3.85. The number of rotatable bonds is 4. The van der Waals surface area contributed by atoms with Gasteiger partial charge in [-0.3, -0.25) is 9.69 Å². The Balaban J connectivity index is 1.83. The van der Waals surface area contributed by atoms with Gasteiger partial charge < -0.3 is 5.32 Å². The lowest BCUT2D eigenvalue weighted by Crippen LogP contribution is -2.44. The van der Waals surface area contributed by atoms with E-state index in [-0.39, 0.29) is 5.91 Å². The minimum atomic E-state index is -0.0710. The third-order valence-corrected chi connectivity index (χ3v) is 3.85. The molecule has 2 rings (SSSR count). The first-order chi connectivity index (χ1) is 9.70. The quantitative estimate of drug-likeness (QED) is 0.913. The largest absolute Gasteiger partial charge is 0.350 e. The van der Waals surface area contributed by atoms with Crippen molar-refractivity contribution in [3.8, 4) is 6.07 Å². The van der Waals surface area contributed by atoms with Crippen molar-refractivity contribution in [3.05, 3.63) is 35.4 Å². The van der Waals surface area contributed by atoms with Crippen LogP contribution in [0.25, 0.3) is 0 Å².